The third-order valence-corrected chi connectivity index (χ3v) is 9.77. The summed E-state index contributed by atoms with van der Waals surface area (Å²) in [4.78, 5) is 1.97. The van der Waals surface area contributed by atoms with Crippen LogP contribution in [0.25, 0.3) is 22.2 Å². The van der Waals surface area contributed by atoms with Gasteiger partial charge >= 0.3 is 0 Å². The van der Waals surface area contributed by atoms with Crippen molar-refractivity contribution in [3.05, 3.63) is 60.0 Å². The average molecular weight is 618 g/mol. The first-order chi connectivity index (χ1) is 20.1. The number of fused-ring (bicyclic) bond motifs is 1. The molecule has 0 unspecified atom stereocenters. The third-order valence-electron chi connectivity index (χ3n) is 7.68. The van der Waals surface area contributed by atoms with Crippen molar-refractivity contribution >= 4 is 31.0 Å². The van der Waals surface area contributed by atoms with Gasteiger partial charge < -0.3 is 4.57 Å². The molecule has 0 aliphatic carbocycles. The second-order valence-electron chi connectivity index (χ2n) is 11.1. The van der Waals surface area contributed by atoms with Crippen molar-refractivity contribution in [3.63, 3.8) is 0 Å². The van der Waals surface area contributed by atoms with Crippen molar-refractivity contribution in [1.29, 1.82) is 0 Å². The Hall–Kier alpha value is -2.69. The number of hydrogen-bond acceptors (Lipinski definition) is 5. The number of rotatable bonds is 19. The lowest BCUT2D eigenvalue weighted by Gasteiger charge is -2.15. The van der Waals surface area contributed by atoms with Crippen molar-refractivity contribution in [3.8, 4) is 11.3 Å². The van der Waals surface area contributed by atoms with Crippen LogP contribution in [0.15, 0.2) is 64.6 Å². The number of aromatic nitrogens is 1. The van der Waals surface area contributed by atoms with Gasteiger partial charge in [0.1, 0.15) is 4.90 Å². The molecule has 1 heterocycles. The van der Waals surface area contributed by atoms with Gasteiger partial charge in [-0.3, -0.25) is 4.55 Å². The van der Waals surface area contributed by atoms with Crippen LogP contribution in [0.3, 0.4) is 0 Å². The fraction of sp³-hybridized carbons (Fsp3) is 0.531. The van der Waals surface area contributed by atoms with E-state index in [1.54, 1.807) is 23.7 Å². The molecule has 232 valence electrons. The van der Waals surface area contributed by atoms with E-state index in [0.717, 1.165) is 24.8 Å². The summed E-state index contributed by atoms with van der Waals surface area (Å²) >= 11 is 0. The molecule has 10 heteroatoms. The number of aryl methyl sites for hydroxylation is 1. The van der Waals surface area contributed by atoms with Gasteiger partial charge in [-0.1, -0.05) is 127 Å². The summed E-state index contributed by atoms with van der Waals surface area (Å²) in [6, 6.07) is 15.6. The van der Waals surface area contributed by atoms with Crippen LogP contribution in [0, 0.1) is 0 Å². The Morgan fingerprint density at radius 1 is 0.738 bits per heavy atom. The van der Waals surface area contributed by atoms with Crippen LogP contribution in [0.1, 0.15) is 96.8 Å². The normalized spacial score (nSPS) is 12.7. The first kappa shape index (κ1) is 33.8. The number of nitrogens with one attached hydrogen (secondary N) is 1. The maximum absolute atomic E-state index is 12.8. The Morgan fingerprint density at radius 2 is 1.29 bits per heavy atom. The van der Waals surface area contributed by atoms with Crippen LogP contribution in [0.5, 0.6) is 0 Å². The van der Waals surface area contributed by atoms with Crippen LogP contribution < -0.4 is 10.2 Å². The lowest BCUT2D eigenvalue weighted by molar-refractivity contribution is 0.484. The highest BCUT2D eigenvalue weighted by Crippen LogP contribution is 2.25. The Kier molecular flexibility index (Phi) is 13.5. The molecule has 1 aromatic heterocycles. The zero-order chi connectivity index (χ0) is 30.4. The van der Waals surface area contributed by atoms with Gasteiger partial charge in [0.05, 0.1) is 22.3 Å². The van der Waals surface area contributed by atoms with Crippen molar-refractivity contribution in [1.82, 2.24) is 9.40 Å². The zero-order valence-corrected chi connectivity index (χ0v) is 26.7. The molecule has 42 heavy (non-hydrogen) atoms. The van der Waals surface area contributed by atoms with Gasteiger partial charge in [0.25, 0.3) is 10.1 Å². The monoisotopic (exact) mass is 617 g/mol. The van der Waals surface area contributed by atoms with E-state index in [9.17, 15) is 21.4 Å². The summed E-state index contributed by atoms with van der Waals surface area (Å²) < 4.78 is 61.6. The summed E-state index contributed by atoms with van der Waals surface area (Å²) in [5.41, 5.74) is 2.04. The third kappa shape index (κ3) is 10.5. The molecule has 8 nitrogen and oxygen atoms in total. The fourth-order valence-electron chi connectivity index (χ4n) is 5.32. The minimum atomic E-state index is -4.59. The first-order valence-electron chi connectivity index (χ1n) is 15.3. The minimum absolute atomic E-state index is 0.0657. The summed E-state index contributed by atoms with van der Waals surface area (Å²) in [6.07, 6.45) is 16.5. The summed E-state index contributed by atoms with van der Waals surface area (Å²) in [6.45, 7) is 2.24. The molecule has 3 rings (SSSR count). The van der Waals surface area contributed by atoms with E-state index in [1.165, 1.54) is 76.3 Å². The highest BCUT2D eigenvalue weighted by atomic mass is 32.2. The van der Waals surface area contributed by atoms with Gasteiger partial charge in [-0.2, -0.15) is 13.5 Å². The molecule has 2 N–H and O–H groups in total. The smallest absolute Gasteiger partial charge is 0.295 e. The molecular weight excluding hydrogens is 571 g/mol. The Bertz CT molecular complexity index is 1550. The van der Waals surface area contributed by atoms with E-state index in [1.807, 2.05) is 30.3 Å². The zero-order valence-electron chi connectivity index (χ0n) is 25.1. The Labute approximate surface area is 252 Å². The number of benzene rings is 2. The van der Waals surface area contributed by atoms with E-state index < -0.39 is 20.1 Å². The lowest BCUT2D eigenvalue weighted by atomic mass is 10.0. The number of hydrogen-bond donors (Lipinski definition) is 2. The van der Waals surface area contributed by atoms with Gasteiger partial charge in [-0.05, 0) is 30.2 Å². The highest BCUT2D eigenvalue weighted by Gasteiger charge is 2.19. The van der Waals surface area contributed by atoms with Gasteiger partial charge in [-0.15, -0.1) is 0 Å². The summed E-state index contributed by atoms with van der Waals surface area (Å²) in [7, 11) is -6.54. The number of unbranched alkanes of at least 4 members (excludes halogenated alkanes) is 13. The SMILES string of the molecule is CCCCCCCCCCCCCCCCS(=O)(=O)NN=c1cc(-c2ccccc2)n(C)c2cccc(S(=O)(=O)O)c12. The second kappa shape index (κ2) is 16.8. The van der Waals surface area contributed by atoms with Crippen LogP contribution in [0.4, 0.5) is 0 Å². The number of sulfonamides is 1. The Balaban J connectivity index is 1.59. The van der Waals surface area contributed by atoms with Crippen molar-refractivity contribution in [2.75, 3.05) is 5.75 Å². The van der Waals surface area contributed by atoms with E-state index in [2.05, 4.69) is 16.9 Å². The topological polar surface area (TPSA) is 118 Å². The van der Waals surface area contributed by atoms with Crippen LogP contribution in [-0.4, -0.2) is 31.7 Å². The maximum Gasteiger partial charge on any atom is 0.295 e. The molecule has 0 aliphatic heterocycles. The molecule has 0 saturated carbocycles. The quantitative estimate of drug-likeness (QED) is 0.0831. The molecule has 0 radical (unpaired) electrons. The molecule has 0 bridgehead atoms. The van der Waals surface area contributed by atoms with E-state index >= 15 is 0 Å². The molecular formula is C32H47N3O5S2. The summed E-state index contributed by atoms with van der Waals surface area (Å²) in [5.74, 6) is -0.0657. The minimum Gasteiger partial charge on any atom is -0.343 e. The number of nitrogens with zero attached hydrogens (tertiary/aromatic N) is 2. The van der Waals surface area contributed by atoms with Gasteiger partial charge in [0.15, 0.2) is 0 Å². The fourth-order valence-corrected chi connectivity index (χ4v) is 6.96. The predicted octanol–water partition coefficient (Wildman–Crippen LogP) is 7.31. The van der Waals surface area contributed by atoms with Crippen molar-refractivity contribution in [2.24, 2.45) is 12.1 Å². The lowest BCUT2D eigenvalue weighted by Crippen LogP contribution is -2.25. The number of pyridine rings is 1. The van der Waals surface area contributed by atoms with Crippen LogP contribution >= 0.6 is 0 Å². The van der Waals surface area contributed by atoms with Gasteiger partial charge in [-0.25, -0.2) is 13.2 Å². The van der Waals surface area contributed by atoms with Gasteiger partial charge in [0.2, 0.25) is 10.0 Å². The molecule has 3 aromatic rings. The van der Waals surface area contributed by atoms with E-state index in [-0.39, 0.29) is 21.4 Å². The van der Waals surface area contributed by atoms with Gasteiger partial charge in [0, 0.05) is 12.4 Å². The van der Waals surface area contributed by atoms with Crippen molar-refractivity contribution in [2.45, 2.75) is 102 Å². The maximum atomic E-state index is 12.8. The molecule has 0 saturated heterocycles. The molecule has 0 spiro atoms. The molecule has 2 aromatic carbocycles. The second-order valence-corrected chi connectivity index (χ2v) is 14.3. The Morgan fingerprint density at radius 3 is 1.83 bits per heavy atom. The average Bonchev–Trinajstić information content (AvgIpc) is 2.96. The molecule has 0 fully saturated rings. The summed E-state index contributed by atoms with van der Waals surface area (Å²) in [5, 5.41) is 4.42. The van der Waals surface area contributed by atoms with E-state index in [0.29, 0.717) is 17.6 Å². The first-order valence-corrected chi connectivity index (χ1v) is 18.4. The van der Waals surface area contributed by atoms with Crippen LogP contribution in [0.2, 0.25) is 0 Å². The molecule has 0 amide bonds. The molecule has 0 aliphatic rings. The largest absolute Gasteiger partial charge is 0.343 e. The predicted molar refractivity (Wildman–Crippen MR) is 171 cm³/mol. The highest BCUT2D eigenvalue weighted by molar-refractivity contribution is 7.89. The molecule has 0 atom stereocenters. The van der Waals surface area contributed by atoms with Crippen LogP contribution in [-0.2, 0) is 27.2 Å². The standard InChI is InChI=1S/C32H47N3O5S2/c1-3-4-5-6-7-8-9-10-11-12-13-14-15-19-25-41(36,37)34-33-28-26-30(27-21-17-16-18-22-27)35(2)29-23-20-24-31(32(28)29)42(38,39)40/h16-18,20-24,26,34H,3-15,19,25H2,1-2H3,(H,38,39,40). The van der Waals surface area contributed by atoms with E-state index in [4.69, 9.17) is 0 Å². The van der Waals surface area contributed by atoms with Crippen molar-refractivity contribution < 1.29 is 21.4 Å².